The third-order valence-electron chi connectivity index (χ3n) is 3.67. The summed E-state index contributed by atoms with van der Waals surface area (Å²) in [6.07, 6.45) is 1.34. The van der Waals surface area contributed by atoms with Gasteiger partial charge in [0.15, 0.2) is 0 Å². The van der Waals surface area contributed by atoms with Gasteiger partial charge >= 0.3 is 11.9 Å². The number of carbonyl (C=O) groups is 2. The maximum atomic E-state index is 11.0. The summed E-state index contributed by atoms with van der Waals surface area (Å²) in [7, 11) is 0. The van der Waals surface area contributed by atoms with Crippen molar-refractivity contribution < 1.29 is 18.2 Å². The summed E-state index contributed by atoms with van der Waals surface area (Å²) in [5.74, 6) is -0.491. The number of rotatable bonds is 4. The van der Waals surface area contributed by atoms with Crippen LogP contribution in [0.1, 0.15) is 33.1 Å². The third-order valence-corrected chi connectivity index (χ3v) is 4.02. The van der Waals surface area contributed by atoms with Crippen LogP contribution in [0.25, 0.3) is 0 Å². The molecule has 1 fully saturated rings. The van der Waals surface area contributed by atoms with Crippen LogP contribution in [0.3, 0.4) is 0 Å². The lowest BCUT2D eigenvalue weighted by atomic mass is 9.53. The molecule has 1 rings (SSSR count). The molecule has 1 aliphatic carbocycles. The number of hydrogen-bond acceptors (Lipinski definition) is 4. The highest BCUT2D eigenvalue weighted by atomic mass is 35.5. The molecule has 0 saturated heterocycles. The highest BCUT2D eigenvalue weighted by Gasteiger charge is 2.49. The predicted octanol–water partition coefficient (Wildman–Crippen LogP) is 2.82. The molecule has 0 heterocycles. The van der Waals surface area contributed by atoms with Gasteiger partial charge in [-0.25, -0.2) is 0 Å². The first-order chi connectivity index (χ1) is 7.41. The van der Waals surface area contributed by atoms with E-state index >= 15 is 0 Å². The monoisotopic (exact) mass is 268 g/mol. The van der Waals surface area contributed by atoms with Gasteiger partial charge in [-0.1, -0.05) is 13.8 Å². The molecule has 92 valence electrons. The van der Waals surface area contributed by atoms with E-state index in [1.54, 1.807) is 0 Å². The van der Waals surface area contributed by atoms with Gasteiger partial charge in [-0.2, -0.15) is 0 Å². The van der Waals surface area contributed by atoms with E-state index in [9.17, 15) is 9.59 Å². The van der Waals surface area contributed by atoms with Gasteiger partial charge in [0, 0.05) is 0 Å². The Bertz CT molecular complexity index is 265. The van der Waals surface area contributed by atoms with Crippen molar-refractivity contribution in [1.82, 2.24) is 0 Å². The standard InChI is InChI=1S/C10H14Cl2O4/c1-10(2)6(4-8(13)15-11)3-7(10)5-9(14)16-12/h6-7H,3-5H2,1-2H3. The van der Waals surface area contributed by atoms with Crippen LogP contribution in [0.4, 0.5) is 0 Å². The summed E-state index contributed by atoms with van der Waals surface area (Å²) >= 11 is 9.94. The second-order valence-electron chi connectivity index (χ2n) is 4.76. The fourth-order valence-electron chi connectivity index (χ4n) is 2.28. The van der Waals surface area contributed by atoms with Crippen molar-refractivity contribution in [3.05, 3.63) is 0 Å². The van der Waals surface area contributed by atoms with Crippen molar-refractivity contribution >= 4 is 35.7 Å². The van der Waals surface area contributed by atoms with Gasteiger partial charge in [0.05, 0.1) is 12.8 Å². The summed E-state index contributed by atoms with van der Waals surface area (Å²) in [6, 6.07) is 0. The fourth-order valence-corrected chi connectivity index (χ4v) is 2.41. The normalized spacial score (nSPS) is 26.8. The minimum absolute atomic E-state index is 0.101. The molecule has 16 heavy (non-hydrogen) atoms. The van der Waals surface area contributed by atoms with Crippen LogP contribution in [-0.4, -0.2) is 11.9 Å². The maximum Gasteiger partial charge on any atom is 0.325 e. The van der Waals surface area contributed by atoms with Crippen LogP contribution in [-0.2, 0) is 18.2 Å². The molecule has 0 bridgehead atoms. The van der Waals surface area contributed by atoms with E-state index in [4.69, 9.17) is 23.7 Å². The highest BCUT2D eigenvalue weighted by molar-refractivity contribution is 6.13. The number of halogens is 2. The number of hydrogen-bond donors (Lipinski definition) is 0. The van der Waals surface area contributed by atoms with Gasteiger partial charge in [0.2, 0.25) is 0 Å². The summed E-state index contributed by atoms with van der Waals surface area (Å²) in [5, 5.41) is 0. The van der Waals surface area contributed by atoms with Gasteiger partial charge in [-0.15, -0.1) is 0 Å². The van der Waals surface area contributed by atoms with Gasteiger partial charge in [0.1, 0.15) is 23.7 Å². The fraction of sp³-hybridized carbons (Fsp3) is 0.800. The molecule has 1 aliphatic rings. The molecule has 4 nitrogen and oxygen atoms in total. The lowest BCUT2D eigenvalue weighted by Gasteiger charge is -2.51. The largest absolute Gasteiger partial charge is 0.348 e. The Morgan fingerprint density at radius 1 is 1.12 bits per heavy atom. The van der Waals surface area contributed by atoms with Crippen molar-refractivity contribution in [3.8, 4) is 0 Å². The number of carbonyl (C=O) groups excluding carboxylic acids is 2. The van der Waals surface area contributed by atoms with Crippen molar-refractivity contribution in [3.63, 3.8) is 0 Å². The van der Waals surface area contributed by atoms with Gasteiger partial charge in [-0.3, -0.25) is 9.59 Å². The summed E-state index contributed by atoms with van der Waals surface area (Å²) < 4.78 is 8.22. The Balaban J connectivity index is 2.46. The van der Waals surface area contributed by atoms with E-state index < -0.39 is 11.9 Å². The Morgan fingerprint density at radius 3 is 1.75 bits per heavy atom. The molecule has 0 aromatic rings. The minimum atomic E-state index is -0.432. The van der Waals surface area contributed by atoms with Crippen LogP contribution < -0.4 is 0 Å². The first kappa shape index (κ1) is 13.6. The molecule has 0 spiro atoms. The SMILES string of the molecule is CC1(C)C(CC(=O)OCl)CC1CC(=O)OCl. The lowest BCUT2D eigenvalue weighted by molar-refractivity contribution is -0.144. The summed E-state index contributed by atoms with van der Waals surface area (Å²) in [5.41, 5.74) is -0.101. The van der Waals surface area contributed by atoms with Gasteiger partial charge in [-0.05, 0) is 23.7 Å². The molecule has 2 atom stereocenters. The van der Waals surface area contributed by atoms with E-state index in [2.05, 4.69) is 8.58 Å². The quantitative estimate of drug-likeness (QED) is 0.787. The Morgan fingerprint density at radius 2 is 1.50 bits per heavy atom. The van der Waals surface area contributed by atoms with Crippen LogP contribution in [0.2, 0.25) is 0 Å². The lowest BCUT2D eigenvalue weighted by Crippen LogP contribution is -2.46. The topological polar surface area (TPSA) is 52.6 Å². The minimum Gasteiger partial charge on any atom is -0.348 e. The highest BCUT2D eigenvalue weighted by Crippen LogP contribution is 2.54. The van der Waals surface area contributed by atoms with Crippen molar-refractivity contribution in [2.75, 3.05) is 0 Å². The molecule has 0 radical (unpaired) electrons. The Labute approximate surface area is 105 Å². The van der Waals surface area contributed by atoms with E-state index in [1.165, 1.54) is 0 Å². The average Bonchev–Trinajstić information content (AvgIpc) is 2.26. The zero-order chi connectivity index (χ0) is 12.3. The Kier molecular flexibility index (Phi) is 4.44. The molecular formula is C10H14Cl2O4. The van der Waals surface area contributed by atoms with Crippen LogP contribution in [0.5, 0.6) is 0 Å². The second-order valence-corrected chi connectivity index (χ2v) is 5.07. The summed E-state index contributed by atoms with van der Waals surface area (Å²) in [4.78, 5) is 22.0. The Hall–Kier alpha value is -0.480. The van der Waals surface area contributed by atoms with Crippen LogP contribution in [0, 0.1) is 17.3 Å². The predicted molar refractivity (Wildman–Crippen MR) is 58.5 cm³/mol. The van der Waals surface area contributed by atoms with Crippen molar-refractivity contribution in [2.24, 2.45) is 17.3 Å². The molecule has 0 N–H and O–H groups in total. The molecular weight excluding hydrogens is 255 g/mol. The second kappa shape index (κ2) is 5.23. The average molecular weight is 269 g/mol. The molecule has 6 heteroatoms. The zero-order valence-electron chi connectivity index (χ0n) is 9.16. The first-order valence-electron chi connectivity index (χ1n) is 5.04. The molecule has 0 amide bonds. The summed E-state index contributed by atoms with van der Waals surface area (Å²) in [6.45, 7) is 4.02. The van der Waals surface area contributed by atoms with Crippen LogP contribution >= 0.6 is 23.7 Å². The molecule has 0 aromatic heterocycles. The third kappa shape index (κ3) is 2.80. The molecule has 0 aromatic carbocycles. The zero-order valence-corrected chi connectivity index (χ0v) is 10.7. The van der Waals surface area contributed by atoms with Crippen molar-refractivity contribution in [2.45, 2.75) is 33.1 Å². The van der Waals surface area contributed by atoms with Gasteiger partial charge < -0.3 is 8.58 Å². The van der Waals surface area contributed by atoms with Gasteiger partial charge in [0.25, 0.3) is 0 Å². The smallest absolute Gasteiger partial charge is 0.325 e. The van der Waals surface area contributed by atoms with E-state index in [0.717, 1.165) is 6.42 Å². The van der Waals surface area contributed by atoms with E-state index in [0.29, 0.717) is 0 Å². The van der Waals surface area contributed by atoms with E-state index in [1.807, 2.05) is 13.8 Å². The molecule has 2 unspecified atom stereocenters. The van der Waals surface area contributed by atoms with E-state index in [-0.39, 0.29) is 30.1 Å². The molecule has 0 aliphatic heterocycles. The van der Waals surface area contributed by atoms with Crippen molar-refractivity contribution in [1.29, 1.82) is 0 Å². The molecule has 1 saturated carbocycles. The first-order valence-corrected chi connectivity index (χ1v) is 5.66. The van der Waals surface area contributed by atoms with Crippen LogP contribution in [0.15, 0.2) is 0 Å². The maximum absolute atomic E-state index is 11.0.